The second kappa shape index (κ2) is 12.3. The number of fused-ring (bicyclic) bond motifs is 1. The fourth-order valence-corrected chi connectivity index (χ4v) is 4.56. The number of aromatic nitrogens is 2. The zero-order valence-electron chi connectivity index (χ0n) is 23.4. The molecule has 0 unspecified atom stereocenters. The summed E-state index contributed by atoms with van der Waals surface area (Å²) in [6.45, 7) is 8.12. The summed E-state index contributed by atoms with van der Waals surface area (Å²) in [6.07, 6.45) is 0. The molecule has 41 heavy (non-hydrogen) atoms. The van der Waals surface area contributed by atoms with Gasteiger partial charge in [-0.15, -0.1) is 0 Å². The summed E-state index contributed by atoms with van der Waals surface area (Å²) >= 11 is 12.8. The van der Waals surface area contributed by atoms with Crippen LogP contribution in [0.2, 0.25) is 10.0 Å². The van der Waals surface area contributed by atoms with E-state index in [2.05, 4.69) is 22.1 Å². The number of hydrogen-bond acceptors (Lipinski definition) is 5. The highest BCUT2D eigenvalue weighted by Crippen LogP contribution is 2.32. The summed E-state index contributed by atoms with van der Waals surface area (Å²) in [4.78, 5) is 30.5. The van der Waals surface area contributed by atoms with E-state index >= 15 is 0 Å². The van der Waals surface area contributed by atoms with Gasteiger partial charge in [0.15, 0.2) is 0 Å². The monoisotopic (exact) mass is 592 g/mol. The second-order valence-electron chi connectivity index (χ2n) is 10.3. The van der Waals surface area contributed by atoms with E-state index in [1.807, 2.05) is 44.4 Å². The number of hydrogen-bond donors (Lipinski definition) is 2. The number of primary amides is 1. The van der Waals surface area contributed by atoms with E-state index in [9.17, 15) is 9.59 Å². The molecular formula is C31H30Cl2N4O4. The van der Waals surface area contributed by atoms with Gasteiger partial charge in [-0.3, -0.25) is 14.2 Å². The van der Waals surface area contributed by atoms with E-state index in [0.717, 1.165) is 11.3 Å². The Labute approximate surface area is 248 Å². The first kappa shape index (κ1) is 30.1. The molecule has 0 saturated heterocycles. The summed E-state index contributed by atoms with van der Waals surface area (Å²) in [6, 6.07) is 13.6. The van der Waals surface area contributed by atoms with Crippen molar-refractivity contribution in [3.8, 4) is 17.5 Å². The van der Waals surface area contributed by atoms with Crippen molar-refractivity contribution in [2.75, 3.05) is 19.0 Å². The summed E-state index contributed by atoms with van der Waals surface area (Å²) in [5, 5.41) is 3.66. The molecule has 3 N–H and O–H groups in total. The average Bonchev–Trinajstić information content (AvgIpc) is 3.25. The predicted molar refractivity (Wildman–Crippen MR) is 162 cm³/mol. The molecular weight excluding hydrogens is 563 g/mol. The highest BCUT2D eigenvalue weighted by Gasteiger charge is 2.22. The topological polar surface area (TPSA) is 108 Å². The molecule has 2 amide bonds. The molecule has 0 spiro atoms. The first-order chi connectivity index (χ1) is 19.4. The number of carbonyl (C=O) groups is 2. The highest BCUT2D eigenvalue weighted by molar-refractivity contribution is 6.34. The number of benzene rings is 3. The average molecular weight is 594 g/mol. The lowest BCUT2D eigenvalue weighted by Crippen LogP contribution is -2.19. The van der Waals surface area contributed by atoms with Crippen molar-refractivity contribution in [1.82, 2.24) is 9.55 Å². The first-order valence-corrected chi connectivity index (χ1v) is 13.5. The van der Waals surface area contributed by atoms with Crippen molar-refractivity contribution in [2.45, 2.75) is 39.9 Å². The van der Waals surface area contributed by atoms with Gasteiger partial charge in [-0.1, -0.05) is 41.1 Å². The quantitative estimate of drug-likeness (QED) is 0.245. The van der Waals surface area contributed by atoms with E-state index in [0.29, 0.717) is 33.1 Å². The number of nitrogens with one attached hydrogen (secondary N) is 1. The van der Waals surface area contributed by atoms with Gasteiger partial charge in [-0.2, -0.15) is 0 Å². The third-order valence-electron chi connectivity index (χ3n) is 6.13. The molecule has 4 aromatic rings. The van der Waals surface area contributed by atoms with Gasteiger partial charge >= 0.3 is 0 Å². The molecule has 0 atom stereocenters. The van der Waals surface area contributed by atoms with Crippen LogP contribution in [0.25, 0.3) is 16.7 Å². The van der Waals surface area contributed by atoms with Gasteiger partial charge in [0.2, 0.25) is 0 Å². The van der Waals surface area contributed by atoms with Crippen molar-refractivity contribution < 1.29 is 19.1 Å². The predicted octanol–water partition coefficient (Wildman–Crippen LogP) is 6.30. The molecule has 0 aliphatic carbocycles. The van der Waals surface area contributed by atoms with Crippen LogP contribution in [0.4, 0.5) is 5.69 Å². The molecule has 8 nitrogen and oxygen atoms in total. The van der Waals surface area contributed by atoms with Crippen LogP contribution in [-0.4, -0.2) is 40.7 Å². The van der Waals surface area contributed by atoms with Crippen molar-refractivity contribution in [3.63, 3.8) is 0 Å². The van der Waals surface area contributed by atoms with Crippen molar-refractivity contribution in [3.05, 3.63) is 86.7 Å². The van der Waals surface area contributed by atoms with E-state index in [4.69, 9.17) is 38.4 Å². The Morgan fingerprint density at radius 1 is 1.07 bits per heavy atom. The minimum absolute atomic E-state index is 0.137. The van der Waals surface area contributed by atoms with Gasteiger partial charge in [0, 0.05) is 23.4 Å². The summed E-state index contributed by atoms with van der Waals surface area (Å²) in [7, 11) is 1.55. The van der Waals surface area contributed by atoms with Crippen molar-refractivity contribution in [1.29, 1.82) is 0 Å². The number of nitrogens with zero attached hydrogens (tertiary/aromatic N) is 2. The van der Waals surface area contributed by atoms with Crippen molar-refractivity contribution in [2.24, 2.45) is 5.73 Å². The van der Waals surface area contributed by atoms with E-state index < -0.39 is 11.8 Å². The standard InChI is InChI=1S/C31H30Cl2N4O4/c1-18-23(32)9-6-10-25(18)37-26-16-20(15-22(29(34)38)28(26)36-27(37)17-40-5)35-30(39)21-14-19(11-12-24(21)33)8-7-13-41-31(2,3)4/h6,9-12,14-16H,13,17H2,1-5H3,(H2,34,38)(H,35,39). The number of nitrogens with two attached hydrogens (primary N) is 1. The Morgan fingerprint density at radius 3 is 2.51 bits per heavy atom. The van der Waals surface area contributed by atoms with Crippen LogP contribution in [0.1, 0.15) is 58.4 Å². The van der Waals surface area contributed by atoms with Gasteiger partial charge in [0.05, 0.1) is 33.0 Å². The zero-order valence-corrected chi connectivity index (χ0v) is 24.9. The molecule has 0 aliphatic rings. The Kier molecular flexibility index (Phi) is 9.05. The Hall–Kier alpha value is -3.87. The van der Waals surface area contributed by atoms with Gasteiger partial charge < -0.3 is 20.5 Å². The van der Waals surface area contributed by atoms with Crippen LogP contribution in [-0.2, 0) is 16.1 Å². The van der Waals surface area contributed by atoms with Crippen LogP contribution < -0.4 is 11.1 Å². The second-order valence-corrected chi connectivity index (χ2v) is 11.1. The number of carbonyl (C=O) groups excluding carboxylic acids is 2. The molecule has 212 valence electrons. The van der Waals surface area contributed by atoms with Crippen molar-refractivity contribution >= 4 is 51.7 Å². The Morgan fingerprint density at radius 2 is 1.83 bits per heavy atom. The highest BCUT2D eigenvalue weighted by atomic mass is 35.5. The lowest BCUT2D eigenvalue weighted by molar-refractivity contribution is 0.0181. The normalized spacial score (nSPS) is 11.3. The minimum atomic E-state index is -0.699. The molecule has 3 aromatic carbocycles. The lowest BCUT2D eigenvalue weighted by Gasteiger charge is -2.16. The molecule has 0 fully saturated rings. The van der Waals surface area contributed by atoms with Crippen LogP contribution in [0.3, 0.4) is 0 Å². The third-order valence-corrected chi connectivity index (χ3v) is 6.87. The fourth-order valence-electron chi connectivity index (χ4n) is 4.18. The number of methoxy groups -OCH3 is 1. The summed E-state index contributed by atoms with van der Waals surface area (Å²) in [5.41, 5.74) is 9.18. The molecule has 0 aliphatic heterocycles. The Balaban J connectivity index is 1.77. The first-order valence-electron chi connectivity index (χ1n) is 12.7. The maximum atomic E-state index is 13.4. The molecule has 1 aromatic heterocycles. The number of rotatable bonds is 7. The van der Waals surface area contributed by atoms with E-state index in [1.54, 1.807) is 37.4 Å². The third kappa shape index (κ3) is 6.89. The van der Waals surface area contributed by atoms with Crippen LogP contribution in [0.15, 0.2) is 48.5 Å². The lowest BCUT2D eigenvalue weighted by atomic mass is 10.1. The zero-order chi connectivity index (χ0) is 29.9. The number of imidazole rings is 1. The van der Waals surface area contributed by atoms with Gasteiger partial charge in [-0.25, -0.2) is 4.98 Å². The van der Waals surface area contributed by atoms with Gasteiger partial charge in [0.1, 0.15) is 24.6 Å². The van der Waals surface area contributed by atoms with Crippen LogP contribution >= 0.6 is 23.2 Å². The fraction of sp³-hybridized carbons (Fsp3) is 0.258. The molecule has 1 heterocycles. The Bertz CT molecular complexity index is 1710. The van der Waals surface area contributed by atoms with E-state index in [1.165, 1.54) is 6.07 Å². The SMILES string of the molecule is COCc1nc2c(C(N)=O)cc(NC(=O)c3cc(C#CCOC(C)(C)C)ccc3Cl)cc2n1-c1cccc(Cl)c1C. The smallest absolute Gasteiger partial charge is 0.257 e. The maximum absolute atomic E-state index is 13.4. The molecule has 10 heteroatoms. The molecule has 0 bridgehead atoms. The maximum Gasteiger partial charge on any atom is 0.257 e. The van der Waals surface area contributed by atoms with Gasteiger partial charge in [-0.05, 0) is 75.7 Å². The largest absolute Gasteiger partial charge is 0.377 e. The summed E-state index contributed by atoms with van der Waals surface area (Å²) in [5.74, 6) is 5.29. The summed E-state index contributed by atoms with van der Waals surface area (Å²) < 4.78 is 12.9. The van der Waals surface area contributed by atoms with Gasteiger partial charge in [0.25, 0.3) is 11.8 Å². The number of anilines is 1. The van der Waals surface area contributed by atoms with E-state index in [-0.39, 0.29) is 35.0 Å². The van der Waals surface area contributed by atoms with Crippen LogP contribution in [0.5, 0.6) is 0 Å². The number of amides is 2. The molecule has 0 saturated carbocycles. The number of ether oxygens (including phenoxy) is 2. The molecule has 0 radical (unpaired) electrons. The van der Waals surface area contributed by atoms with Crippen LogP contribution in [0, 0.1) is 18.8 Å². The minimum Gasteiger partial charge on any atom is -0.377 e. The molecule has 4 rings (SSSR count). The number of halogens is 2.